The molecule has 7 heteroatoms. The second-order valence-electron chi connectivity index (χ2n) is 5.13. The Morgan fingerprint density at radius 1 is 1.17 bits per heavy atom. The first kappa shape index (κ1) is 16.8. The number of halogens is 3. The molecule has 4 nitrogen and oxygen atoms in total. The summed E-state index contributed by atoms with van der Waals surface area (Å²) in [6, 6.07) is 11.0. The number of nitrogens with one attached hydrogen (secondary N) is 2. The van der Waals surface area contributed by atoms with Crippen molar-refractivity contribution in [3.05, 3.63) is 69.6 Å². The third-order valence-electron chi connectivity index (χ3n) is 3.40. The summed E-state index contributed by atoms with van der Waals surface area (Å²) in [5.74, 6) is -0.698. The number of H-pyrrole nitrogens is 1. The third kappa shape index (κ3) is 4.21. The standard InChI is InChI=1S/C16H15F3N2O2/c1-10(11-5-3-2-4-6-11)9-20-14(22)12-7-8-13(16(17,18)19)21-15(12)23/h2-8,10H,9H2,1H3,(H,20,22)(H,21,23). The van der Waals surface area contributed by atoms with Gasteiger partial charge in [-0.25, -0.2) is 0 Å². The van der Waals surface area contributed by atoms with Crippen molar-refractivity contribution in [2.75, 3.05) is 6.54 Å². The van der Waals surface area contributed by atoms with E-state index >= 15 is 0 Å². The highest BCUT2D eigenvalue weighted by atomic mass is 19.4. The molecule has 122 valence electrons. The first-order valence-corrected chi connectivity index (χ1v) is 6.92. The van der Waals surface area contributed by atoms with Crippen molar-refractivity contribution in [3.63, 3.8) is 0 Å². The number of aromatic amines is 1. The van der Waals surface area contributed by atoms with E-state index in [1.54, 1.807) is 4.98 Å². The van der Waals surface area contributed by atoms with Crippen molar-refractivity contribution < 1.29 is 18.0 Å². The normalized spacial score (nSPS) is 12.7. The van der Waals surface area contributed by atoms with E-state index in [4.69, 9.17) is 0 Å². The van der Waals surface area contributed by atoms with Gasteiger partial charge in [0.25, 0.3) is 11.5 Å². The van der Waals surface area contributed by atoms with Gasteiger partial charge in [-0.15, -0.1) is 0 Å². The number of carbonyl (C=O) groups excluding carboxylic acids is 1. The van der Waals surface area contributed by atoms with Gasteiger partial charge in [0, 0.05) is 6.54 Å². The van der Waals surface area contributed by atoms with Crippen LogP contribution in [0.3, 0.4) is 0 Å². The number of alkyl halides is 3. The first-order chi connectivity index (χ1) is 10.8. The van der Waals surface area contributed by atoms with Crippen molar-refractivity contribution in [1.29, 1.82) is 0 Å². The van der Waals surface area contributed by atoms with Crippen molar-refractivity contribution >= 4 is 5.91 Å². The van der Waals surface area contributed by atoms with Gasteiger partial charge in [0.05, 0.1) is 0 Å². The van der Waals surface area contributed by atoms with Gasteiger partial charge < -0.3 is 10.3 Å². The van der Waals surface area contributed by atoms with Crippen LogP contribution >= 0.6 is 0 Å². The van der Waals surface area contributed by atoms with E-state index in [0.29, 0.717) is 6.07 Å². The van der Waals surface area contributed by atoms with Crippen molar-refractivity contribution in [2.45, 2.75) is 19.0 Å². The average Bonchev–Trinajstić information content (AvgIpc) is 2.52. The van der Waals surface area contributed by atoms with Crippen LogP contribution in [0.5, 0.6) is 0 Å². The Bertz CT molecular complexity index is 739. The van der Waals surface area contributed by atoms with Crippen LogP contribution in [-0.4, -0.2) is 17.4 Å². The molecule has 2 aromatic rings. The van der Waals surface area contributed by atoms with Gasteiger partial charge in [0.2, 0.25) is 0 Å². The van der Waals surface area contributed by atoms with Crippen molar-refractivity contribution in [1.82, 2.24) is 10.3 Å². The van der Waals surface area contributed by atoms with E-state index in [-0.39, 0.29) is 18.0 Å². The molecule has 1 atom stereocenters. The van der Waals surface area contributed by atoms with E-state index in [1.165, 1.54) is 0 Å². The molecule has 0 aliphatic heterocycles. The molecule has 0 spiro atoms. The summed E-state index contributed by atoms with van der Waals surface area (Å²) in [6.45, 7) is 2.16. The molecule has 0 fully saturated rings. The lowest BCUT2D eigenvalue weighted by atomic mass is 10.0. The zero-order valence-electron chi connectivity index (χ0n) is 12.3. The van der Waals surface area contributed by atoms with Gasteiger partial charge in [-0.3, -0.25) is 9.59 Å². The van der Waals surface area contributed by atoms with Crippen LogP contribution in [0.4, 0.5) is 13.2 Å². The van der Waals surface area contributed by atoms with Crippen LogP contribution in [0.2, 0.25) is 0 Å². The van der Waals surface area contributed by atoms with E-state index in [0.717, 1.165) is 11.6 Å². The summed E-state index contributed by atoms with van der Waals surface area (Å²) in [4.78, 5) is 25.3. The number of rotatable bonds is 4. The Balaban J connectivity index is 2.05. The average molecular weight is 324 g/mol. The molecule has 0 saturated heterocycles. The van der Waals surface area contributed by atoms with Crippen LogP contribution in [0.1, 0.15) is 34.5 Å². The Morgan fingerprint density at radius 2 is 1.83 bits per heavy atom. The molecule has 1 unspecified atom stereocenters. The molecule has 0 aliphatic carbocycles. The molecule has 0 saturated carbocycles. The highest BCUT2D eigenvalue weighted by molar-refractivity contribution is 5.93. The Hall–Kier alpha value is -2.57. The minimum atomic E-state index is -4.66. The van der Waals surface area contributed by atoms with Gasteiger partial charge in [0.1, 0.15) is 11.3 Å². The van der Waals surface area contributed by atoms with Gasteiger partial charge in [-0.2, -0.15) is 13.2 Å². The van der Waals surface area contributed by atoms with E-state index in [9.17, 15) is 22.8 Å². The summed E-state index contributed by atoms with van der Waals surface area (Å²) < 4.78 is 37.4. The molecule has 2 rings (SSSR count). The molecule has 23 heavy (non-hydrogen) atoms. The largest absolute Gasteiger partial charge is 0.431 e. The topological polar surface area (TPSA) is 62.0 Å². The lowest BCUT2D eigenvalue weighted by Gasteiger charge is -2.13. The number of hydrogen-bond acceptors (Lipinski definition) is 2. The Labute approximate surface area is 130 Å². The molecular weight excluding hydrogens is 309 g/mol. The lowest BCUT2D eigenvalue weighted by Crippen LogP contribution is -2.32. The van der Waals surface area contributed by atoms with Crippen LogP contribution in [0.15, 0.2) is 47.3 Å². The molecule has 1 aromatic carbocycles. The van der Waals surface area contributed by atoms with Gasteiger partial charge in [-0.05, 0) is 23.6 Å². The second-order valence-corrected chi connectivity index (χ2v) is 5.13. The summed E-state index contributed by atoms with van der Waals surface area (Å²) in [5, 5.41) is 2.56. The molecule has 1 heterocycles. The van der Waals surface area contributed by atoms with Crippen molar-refractivity contribution in [3.8, 4) is 0 Å². The molecule has 0 radical (unpaired) electrons. The maximum atomic E-state index is 12.5. The number of hydrogen-bond donors (Lipinski definition) is 2. The van der Waals surface area contributed by atoms with E-state index in [2.05, 4.69) is 5.32 Å². The molecule has 0 aliphatic rings. The van der Waals surface area contributed by atoms with Gasteiger partial charge in [0.15, 0.2) is 0 Å². The number of carbonyl (C=O) groups is 1. The first-order valence-electron chi connectivity index (χ1n) is 6.92. The summed E-state index contributed by atoms with van der Waals surface area (Å²) in [6.07, 6.45) is -4.66. The summed E-state index contributed by atoms with van der Waals surface area (Å²) in [7, 11) is 0. The quantitative estimate of drug-likeness (QED) is 0.908. The predicted octanol–water partition coefficient (Wildman–Crippen LogP) is 2.93. The fraction of sp³-hybridized carbons (Fsp3) is 0.250. The highest BCUT2D eigenvalue weighted by Crippen LogP contribution is 2.26. The maximum absolute atomic E-state index is 12.5. The van der Waals surface area contributed by atoms with E-state index in [1.807, 2.05) is 37.3 Å². The van der Waals surface area contributed by atoms with Gasteiger partial charge >= 0.3 is 6.18 Å². The smallest absolute Gasteiger partial charge is 0.351 e. The lowest BCUT2D eigenvalue weighted by molar-refractivity contribution is -0.141. The minimum Gasteiger partial charge on any atom is -0.351 e. The fourth-order valence-electron chi connectivity index (χ4n) is 2.06. The van der Waals surface area contributed by atoms with Crippen molar-refractivity contribution in [2.24, 2.45) is 0 Å². The van der Waals surface area contributed by atoms with Crippen LogP contribution in [0, 0.1) is 0 Å². The number of amides is 1. The maximum Gasteiger partial charge on any atom is 0.431 e. The number of benzene rings is 1. The van der Waals surface area contributed by atoms with Crippen LogP contribution < -0.4 is 10.9 Å². The van der Waals surface area contributed by atoms with Gasteiger partial charge in [-0.1, -0.05) is 37.3 Å². The zero-order chi connectivity index (χ0) is 17.0. The van der Waals surface area contributed by atoms with Crippen LogP contribution in [0.25, 0.3) is 0 Å². The Morgan fingerprint density at radius 3 is 2.39 bits per heavy atom. The summed E-state index contributed by atoms with van der Waals surface area (Å²) in [5.41, 5.74) is -1.59. The number of aromatic nitrogens is 1. The molecule has 2 N–H and O–H groups in total. The monoisotopic (exact) mass is 324 g/mol. The number of pyridine rings is 1. The molecule has 1 aromatic heterocycles. The third-order valence-corrected chi connectivity index (χ3v) is 3.40. The van der Waals surface area contributed by atoms with E-state index < -0.39 is 23.3 Å². The van der Waals surface area contributed by atoms with Crippen LogP contribution in [-0.2, 0) is 6.18 Å². The molecular formula is C16H15F3N2O2. The SMILES string of the molecule is CC(CNC(=O)c1ccc(C(F)(F)F)[nH]c1=O)c1ccccc1. The Kier molecular flexibility index (Phi) is 4.88. The summed E-state index contributed by atoms with van der Waals surface area (Å²) >= 11 is 0. The fourth-order valence-corrected chi connectivity index (χ4v) is 2.06. The highest BCUT2D eigenvalue weighted by Gasteiger charge is 2.32. The predicted molar refractivity (Wildman–Crippen MR) is 79.3 cm³/mol. The minimum absolute atomic E-state index is 0.00804. The zero-order valence-corrected chi connectivity index (χ0v) is 12.3. The molecule has 1 amide bonds. The second kappa shape index (κ2) is 6.68. The molecule has 0 bridgehead atoms.